The molecule has 1 aliphatic rings. The second kappa shape index (κ2) is 6.37. The van der Waals surface area contributed by atoms with Crippen molar-refractivity contribution in [3.05, 3.63) is 29.8 Å². The van der Waals surface area contributed by atoms with E-state index in [2.05, 4.69) is 5.32 Å². The predicted octanol–water partition coefficient (Wildman–Crippen LogP) is 3.53. The van der Waals surface area contributed by atoms with Gasteiger partial charge in [0, 0.05) is 5.69 Å². The van der Waals surface area contributed by atoms with Crippen molar-refractivity contribution in [2.24, 2.45) is 11.8 Å². The van der Waals surface area contributed by atoms with E-state index in [4.69, 9.17) is 5.11 Å². The Labute approximate surface area is 125 Å². The lowest BCUT2D eigenvalue weighted by atomic mass is 9.78. The van der Waals surface area contributed by atoms with Crippen molar-refractivity contribution in [1.29, 1.82) is 0 Å². The minimum atomic E-state index is -4.49. The van der Waals surface area contributed by atoms with Crippen LogP contribution in [0, 0.1) is 11.8 Å². The Morgan fingerprint density at radius 3 is 2.36 bits per heavy atom. The van der Waals surface area contributed by atoms with Crippen LogP contribution in [-0.4, -0.2) is 17.0 Å². The Kier molecular flexibility index (Phi) is 4.73. The molecule has 1 fully saturated rings. The number of hydrogen-bond donors (Lipinski definition) is 2. The number of aliphatic carboxylic acids is 1. The second-order valence-electron chi connectivity index (χ2n) is 5.40. The van der Waals surface area contributed by atoms with Crippen molar-refractivity contribution in [2.75, 3.05) is 5.32 Å². The molecule has 4 nitrogen and oxygen atoms in total. The van der Waals surface area contributed by atoms with Gasteiger partial charge >= 0.3 is 12.1 Å². The van der Waals surface area contributed by atoms with E-state index >= 15 is 0 Å². The molecule has 1 aliphatic carbocycles. The summed E-state index contributed by atoms with van der Waals surface area (Å²) >= 11 is 0. The first-order valence-corrected chi connectivity index (χ1v) is 7.00. The van der Waals surface area contributed by atoms with Gasteiger partial charge in [-0.05, 0) is 31.0 Å². The predicted molar refractivity (Wildman–Crippen MR) is 73.2 cm³/mol. The molecule has 7 heteroatoms. The monoisotopic (exact) mass is 315 g/mol. The van der Waals surface area contributed by atoms with Crippen LogP contribution in [0.2, 0.25) is 0 Å². The van der Waals surface area contributed by atoms with Crippen LogP contribution in [0.3, 0.4) is 0 Å². The van der Waals surface area contributed by atoms with E-state index < -0.39 is 35.5 Å². The molecule has 1 aromatic carbocycles. The van der Waals surface area contributed by atoms with Gasteiger partial charge in [-0.3, -0.25) is 9.59 Å². The normalized spacial score (nSPS) is 22.1. The largest absolute Gasteiger partial charge is 0.481 e. The van der Waals surface area contributed by atoms with Gasteiger partial charge in [-0.1, -0.05) is 18.9 Å². The van der Waals surface area contributed by atoms with Crippen molar-refractivity contribution >= 4 is 17.6 Å². The molecule has 0 spiro atoms. The molecular formula is C15H16F3NO3. The van der Waals surface area contributed by atoms with Gasteiger partial charge in [-0.25, -0.2) is 0 Å². The van der Waals surface area contributed by atoms with Crippen molar-refractivity contribution in [3.63, 3.8) is 0 Å². The van der Waals surface area contributed by atoms with Gasteiger partial charge in [0.05, 0.1) is 17.4 Å². The van der Waals surface area contributed by atoms with Crippen molar-refractivity contribution in [2.45, 2.75) is 31.9 Å². The molecule has 1 amide bonds. The van der Waals surface area contributed by atoms with Gasteiger partial charge in [-0.15, -0.1) is 0 Å². The molecule has 1 aromatic rings. The van der Waals surface area contributed by atoms with Crippen molar-refractivity contribution in [3.8, 4) is 0 Å². The van der Waals surface area contributed by atoms with Crippen LogP contribution in [0.15, 0.2) is 24.3 Å². The van der Waals surface area contributed by atoms with E-state index in [1.807, 2.05) is 0 Å². The van der Waals surface area contributed by atoms with Gasteiger partial charge in [0.25, 0.3) is 0 Å². The van der Waals surface area contributed by atoms with Crippen LogP contribution in [-0.2, 0) is 15.8 Å². The van der Waals surface area contributed by atoms with Crippen molar-refractivity contribution in [1.82, 2.24) is 0 Å². The van der Waals surface area contributed by atoms with Crippen LogP contribution in [0.1, 0.15) is 31.2 Å². The Morgan fingerprint density at radius 1 is 1.14 bits per heavy atom. The van der Waals surface area contributed by atoms with E-state index in [9.17, 15) is 22.8 Å². The fourth-order valence-corrected chi connectivity index (χ4v) is 2.75. The number of anilines is 1. The Bertz CT molecular complexity index is 571. The quantitative estimate of drug-likeness (QED) is 0.896. The van der Waals surface area contributed by atoms with Gasteiger partial charge < -0.3 is 10.4 Å². The minimum absolute atomic E-state index is 0.0227. The van der Waals surface area contributed by atoms with E-state index in [0.717, 1.165) is 25.0 Å². The fourth-order valence-electron chi connectivity index (χ4n) is 2.75. The third-order valence-electron chi connectivity index (χ3n) is 3.88. The summed E-state index contributed by atoms with van der Waals surface area (Å²) in [6.07, 6.45) is -2.16. The van der Waals surface area contributed by atoms with E-state index in [-0.39, 0.29) is 5.69 Å². The average molecular weight is 315 g/mol. The van der Waals surface area contributed by atoms with E-state index in [0.29, 0.717) is 12.8 Å². The standard InChI is InChI=1S/C15H16F3NO3/c16-15(17,18)9-4-3-5-10(8-9)19-13(20)11-6-1-2-7-12(11)14(21)22/h3-5,8,11-12H,1-2,6-7H2,(H,19,20)(H,21,22)/t11-,12-/m0/s1. The summed E-state index contributed by atoms with van der Waals surface area (Å²) in [5.41, 5.74) is -0.835. The first-order valence-electron chi connectivity index (χ1n) is 7.00. The van der Waals surface area contributed by atoms with Gasteiger partial charge in [-0.2, -0.15) is 13.2 Å². The molecule has 2 rings (SSSR count). The molecule has 0 heterocycles. The zero-order valence-electron chi connectivity index (χ0n) is 11.7. The molecule has 2 N–H and O–H groups in total. The summed E-state index contributed by atoms with van der Waals surface area (Å²) in [6.45, 7) is 0. The SMILES string of the molecule is O=C(O)[C@H]1CCCC[C@@H]1C(=O)Nc1cccc(C(F)(F)F)c1. The zero-order valence-corrected chi connectivity index (χ0v) is 11.7. The van der Waals surface area contributed by atoms with Crippen LogP contribution < -0.4 is 5.32 Å². The van der Waals surface area contributed by atoms with E-state index in [1.54, 1.807) is 0 Å². The third-order valence-corrected chi connectivity index (χ3v) is 3.88. The van der Waals surface area contributed by atoms with Crippen LogP contribution in [0.4, 0.5) is 18.9 Å². The number of carboxylic acids is 1. The number of halogens is 3. The number of alkyl halides is 3. The van der Waals surface area contributed by atoms with Gasteiger partial charge in [0.2, 0.25) is 5.91 Å². The average Bonchev–Trinajstić information content (AvgIpc) is 2.46. The maximum atomic E-state index is 12.6. The molecular weight excluding hydrogens is 299 g/mol. The first-order chi connectivity index (χ1) is 10.3. The summed E-state index contributed by atoms with van der Waals surface area (Å²) < 4.78 is 37.9. The third kappa shape index (κ3) is 3.78. The summed E-state index contributed by atoms with van der Waals surface area (Å²) in [4.78, 5) is 23.4. The topological polar surface area (TPSA) is 66.4 Å². The molecule has 0 saturated heterocycles. The molecule has 1 saturated carbocycles. The Morgan fingerprint density at radius 2 is 1.77 bits per heavy atom. The number of amides is 1. The number of carbonyl (C=O) groups is 2. The molecule has 2 atom stereocenters. The highest BCUT2D eigenvalue weighted by Gasteiger charge is 2.36. The smallest absolute Gasteiger partial charge is 0.416 e. The fraction of sp³-hybridized carbons (Fsp3) is 0.467. The molecule has 0 bridgehead atoms. The lowest BCUT2D eigenvalue weighted by Crippen LogP contribution is -2.36. The number of nitrogens with one attached hydrogen (secondary N) is 1. The Balaban J connectivity index is 2.12. The maximum absolute atomic E-state index is 12.6. The number of hydrogen-bond acceptors (Lipinski definition) is 2. The molecule has 0 aromatic heterocycles. The summed E-state index contributed by atoms with van der Waals surface area (Å²) in [5.74, 6) is -3.06. The molecule has 22 heavy (non-hydrogen) atoms. The van der Waals surface area contributed by atoms with Crippen LogP contribution in [0.25, 0.3) is 0 Å². The minimum Gasteiger partial charge on any atom is -0.481 e. The molecule has 0 unspecified atom stereocenters. The first kappa shape index (κ1) is 16.3. The number of carboxylic acid groups (broad SMARTS) is 1. The number of carbonyl (C=O) groups excluding carboxylic acids is 1. The van der Waals surface area contributed by atoms with Gasteiger partial charge in [0.15, 0.2) is 0 Å². The lowest BCUT2D eigenvalue weighted by molar-refractivity contribution is -0.147. The maximum Gasteiger partial charge on any atom is 0.416 e. The zero-order chi connectivity index (χ0) is 16.3. The highest BCUT2D eigenvalue weighted by molar-refractivity contribution is 5.95. The highest BCUT2D eigenvalue weighted by Crippen LogP contribution is 2.33. The van der Waals surface area contributed by atoms with Crippen LogP contribution in [0.5, 0.6) is 0 Å². The second-order valence-corrected chi connectivity index (χ2v) is 5.40. The molecule has 120 valence electrons. The van der Waals surface area contributed by atoms with E-state index in [1.165, 1.54) is 12.1 Å². The molecule has 0 radical (unpaired) electrons. The molecule has 0 aliphatic heterocycles. The summed E-state index contributed by atoms with van der Waals surface area (Å²) in [6, 6.07) is 4.31. The number of rotatable bonds is 3. The summed E-state index contributed by atoms with van der Waals surface area (Å²) in [5, 5.41) is 11.6. The Hall–Kier alpha value is -2.05. The van der Waals surface area contributed by atoms with Crippen LogP contribution >= 0.6 is 0 Å². The van der Waals surface area contributed by atoms with Crippen molar-refractivity contribution < 1.29 is 27.9 Å². The number of benzene rings is 1. The summed E-state index contributed by atoms with van der Waals surface area (Å²) in [7, 11) is 0. The lowest BCUT2D eigenvalue weighted by Gasteiger charge is -2.27. The van der Waals surface area contributed by atoms with Gasteiger partial charge in [0.1, 0.15) is 0 Å². The highest BCUT2D eigenvalue weighted by atomic mass is 19.4.